The summed E-state index contributed by atoms with van der Waals surface area (Å²) >= 11 is 0. The van der Waals surface area contributed by atoms with Crippen LogP contribution in [0.3, 0.4) is 0 Å². The monoisotopic (exact) mass is 223 g/mol. The minimum Gasteiger partial charge on any atom is -0.366 e. The Kier molecular flexibility index (Phi) is 3.39. The van der Waals surface area contributed by atoms with E-state index in [2.05, 4.69) is 29.3 Å². The molecule has 1 heterocycles. The molecule has 1 atom stereocenters. The maximum atomic E-state index is 13.3. The second kappa shape index (κ2) is 4.78. The minimum absolute atomic E-state index is 0.282. The van der Waals surface area contributed by atoms with Crippen molar-refractivity contribution >= 4 is 5.82 Å². The van der Waals surface area contributed by atoms with Gasteiger partial charge in [-0.2, -0.15) is 0 Å². The Hall–Kier alpha value is -1.16. The van der Waals surface area contributed by atoms with E-state index in [1.54, 1.807) is 12.3 Å². The van der Waals surface area contributed by atoms with Gasteiger partial charge in [0.2, 0.25) is 0 Å². The predicted molar refractivity (Wildman–Crippen MR) is 62.9 cm³/mol. The molecule has 0 spiro atoms. The third-order valence-electron chi connectivity index (χ3n) is 3.07. The number of nitrogens with zero attached hydrogens (tertiary/aromatic N) is 2. The van der Waals surface area contributed by atoms with Crippen molar-refractivity contribution in [3.05, 3.63) is 24.1 Å². The molecule has 1 aromatic heterocycles. The average Bonchev–Trinajstić information content (AvgIpc) is 3.04. The molecule has 0 aliphatic heterocycles. The third-order valence-corrected chi connectivity index (χ3v) is 3.07. The molecule has 2 rings (SSSR count). The lowest BCUT2D eigenvalue weighted by Crippen LogP contribution is -2.36. The molecule has 1 N–H and O–H groups in total. The molecule has 0 unspecified atom stereocenters. The lowest BCUT2D eigenvalue weighted by molar-refractivity contribution is 0.276. The van der Waals surface area contributed by atoms with Gasteiger partial charge in [0, 0.05) is 18.8 Å². The number of likely N-dealkylation sites (N-methyl/N-ethyl adjacent to an activating group) is 1. The highest BCUT2D eigenvalue weighted by Gasteiger charge is 2.32. The van der Waals surface area contributed by atoms with Gasteiger partial charge < -0.3 is 10.2 Å². The van der Waals surface area contributed by atoms with Crippen molar-refractivity contribution in [1.29, 1.82) is 0 Å². The third kappa shape index (κ3) is 2.70. The lowest BCUT2D eigenvalue weighted by atomic mass is 10.1. The number of halogens is 1. The molecule has 3 nitrogen and oxygen atoms in total. The maximum Gasteiger partial charge on any atom is 0.165 e. The van der Waals surface area contributed by atoms with E-state index >= 15 is 0 Å². The van der Waals surface area contributed by atoms with Crippen molar-refractivity contribution in [1.82, 2.24) is 9.88 Å². The highest BCUT2D eigenvalue weighted by Crippen LogP contribution is 2.34. The molecule has 1 aliphatic carbocycles. The molecule has 0 bridgehead atoms. The van der Waals surface area contributed by atoms with Crippen molar-refractivity contribution in [2.75, 3.05) is 26.0 Å². The fourth-order valence-corrected chi connectivity index (χ4v) is 1.97. The van der Waals surface area contributed by atoms with Crippen LogP contribution in [0.4, 0.5) is 10.2 Å². The van der Waals surface area contributed by atoms with Crippen LogP contribution < -0.4 is 5.32 Å². The van der Waals surface area contributed by atoms with Gasteiger partial charge in [-0.05, 0) is 45.0 Å². The van der Waals surface area contributed by atoms with Gasteiger partial charge in [-0.3, -0.25) is 0 Å². The molecule has 16 heavy (non-hydrogen) atoms. The van der Waals surface area contributed by atoms with Crippen molar-refractivity contribution in [2.45, 2.75) is 18.9 Å². The normalized spacial score (nSPS) is 17.5. The number of hydrogen-bond acceptors (Lipinski definition) is 3. The quantitative estimate of drug-likeness (QED) is 0.827. The minimum atomic E-state index is -0.282. The van der Waals surface area contributed by atoms with E-state index in [0.29, 0.717) is 11.9 Å². The van der Waals surface area contributed by atoms with E-state index in [4.69, 9.17) is 0 Å². The Balaban J connectivity index is 1.93. The van der Waals surface area contributed by atoms with Crippen LogP contribution in [0.5, 0.6) is 0 Å². The Morgan fingerprint density at radius 2 is 2.31 bits per heavy atom. The first-order chi connectivity index (χ1) is 7.68. The number of hydrogen-bond donors (Lipinski definition) is 1. The standard InChI is InChI=1S/C12H18FN3/c1-16(2)11(9-5-6-9)8-15-12-10(13)4-3-7-14-12/h3-4,7,9,11H,5-6,8H2,1-2H3,(H,14,15)/t11-/m1/s1. The first-order valence-corrected chi connectivity index (χ1v) is 5.69. The number of pyridine rings is 1. The highest BCUT2D eigenvalue weighted by atomic mass is 19.1. The molecule has 0 amide bonds. The topological polar surface area (TPSA) is 28.2 Å². The molecular weight excluding hydrogens is 205 g/mol. The molecule has 4 heteroatoms. The summed E-state index contributed by atoms with van der Waals surface area (Å²) in [5.74, 6) is 0.833. The second-order valence-corrected chi connectivity index (χ2v) is 4.58. The summed E-state index contributed by atoms with van der Waals surface area (Å²) in [4.78, 5) is 6.18. The van der Waals surface area contributed by atoms with Crippen LogP contribution in [-0.4, -0.2) is 36.6 Å². The Morgan fingerprint density at radius 1 is 1.56 bits per heavy atom. The molecule has 1 aromatic rings. The molecular formula is C12H18FN3. The number of aromatic nitrogens is 1. The van der Waals surface area contributed by atoms with E-state index < -0.39 is 0 Å². The first-order valence-electron chi connectivity index (χ1n) is 5.69. The van der Waals surface area contributed by atoms with Gasteiger partial charge >= 0.3 is 0 Å². The molecule has 1 fully saturated rings. The molecule has 1 aliphatic rings. The summed E-state index contributed by atoms with van der Waals surface area (Å²) < 4.78 is 13.3. The summed E-state index contributed by atoms with van der Waals surface area (Å²) in [6.07, 6.45) is 4.18. The van der Waals surface area contributed by atoms with E-state index in [9.17, 15) is 4.39 Å². The summed E-state index contributed by atoms with van der Waals surface area (Å²) in [7, 11) is 4.14. The second-order valence-electron chi connectivity index (χ2n) is 4.58. The zero-order valence-corrected chi connectivity index (χ0v) is 9.78. The smallest absolute Gasteiger partial charge is 0.165 e. The van der Waals surface area contributed by atoms with Crippen LogP contribution in [0, 0.1) is 11.7 Å². The van der Waals surface area contributed by atoms with Crippen molar-refractivity contribution in [3.63, 3.8) is 0 Å². The largest absolute Gasteiger partial charge is 0.366 e. The lowest BCUT2D eigenvalue weighted by Gasteiger charge is -2.24. The van der Waals surface area contributed by atoms with Crippen LogP contribution >= 0.6 is 0 Å². The zero-order valence-electron chi connectivity index (χ0n) is 9.78. The fourth-order valence-electron chi connectivity index (χ4n) is 1.97. The Labute approximate surface area is 95.7 Å². The number of rotatable bonds is 5. The highest BCUT2D eigenvalue weighted by molar-refractivity contribution is 5.35. The summed E-state index contributed by atoms with van der Waals surface area (Å²) in [5, 5.41) is 3.09. The van der Waals surface area contributed by atoms with Crippen molar-refractivity contribution < 1.29 is 4.39 Å². The van der Waals surface area contributed by atoms with E-state index in [-0.39, 0.29) is 5.82 Å². The maximum absolute atomic E-state index is 13.3. The predicted octanol–water partition coefficient (Wildman–Crippen LogP) is 1.97. The van der Waals surface area contributed by atoms with E-state index in [1.165, 1.54) is 18.9 Å². The van der Waals surface area contributed by atoms with Crippen molar-refractivity contribution in [2.24, 2.45) is 5.92 Å². The van der Waals surface area contributed by atoms with Gasteiger partial charge in [-0.15, -0.1) is 0 Å². The zero-order chi connectivity index (χ0) is 11.5. The van der Waals surface area contributed by atoms with Crippen molar-refractivity contribution in [3.8, 4) is 0 Å². The van der Waals surface area contributed by atoms with E-state index in [0.717, 1.165) is 12.5 Å². The summed E-state index contributed by atoms with van der Waals surface area (Å²) in [6.45, 7) is 0.756. The fraction of sp³-hybridized carbons (Fsp3) is 0.583. The van der Waals surface area contributed by atoms with Gasteiger partial charge in [-0.1, -0.05) is 0 Å². The van der Waals surface area contributed by atoms with Crippen LogP contribution in [0.15, 0.2) is 18.3 Å². The van der Waals surface area contributed by atoms with Crippen LogP contribution in [0.1, 0.15) is 12.8 Å². The molecule has 0 aromatic carbocycles. The Morgan fingerprint density at radius 3 is 2.88 bits per heavy atom. The van der Waals surface area contributed by atoms with Gasteiger partial charge in [0.25, 0.3) is 0 Å². The first kappa shape index (κ1) is 11.3. The molecule has 0 radical (unpaired) electrons. The van der Waals surface area contributed by atoms with E-state index in [1.807, 2.05) is 0 Å². The number of nitrogens with one attached hydrogen (secondary N) is 1. The van der Waals surface area contributed by atoms with Crippen LogP contribution in [-0.2, 0) is 0 Å². The van der Waals surface area contributed by atoms with Gasteiger partial charge in [0.1, 0.15) is 0 Å². The van der Waals surface area contributed by atoms with Crippen LogP contribution in [0.2, 0.25) is 0 Å². The van der Waals surface area contributed by atoms with Gasteiger partial charge in [0.15, 0.2) is 11.6 Å². The summed E-state index contributed by atoms with van der Waals surface area (Å²) in [6, 6.07) is 3.50. The molecule has 1 saturated carbocycles. The van der Waals surface area contributed by atoms with Gasteiger partial charge in [-0.25, -0.2) is 9.37 Å². The number of anilines is 1. The van der Waals surface area contributed by atoms with Gasteiger partial charge in [0.05, 0.1) is 0 Å². The molecule has 88 valence electrons. The van der Waals surface area contributed by atoms with Crippen LogP contribution in [0.25, 0.3) is 0 Å². The summed E-state index contributed by atoms with van der Waals surface area (Å²) in [5.41, 5.74) is 0. The average molecular weight is 223 g/mol. The Bertz CT molecular complexity index is 348. The SMILES string of the molecule is CN(C)[C@H](CNc1ncccc1F)C1CC1. The molecule has 0 saturated heterocycles.